The van der Waals surface area contributed by atoms with E-state index in [1.165, 1.54) is 17.7 Å². The van der Waals surface area contributed by atoms with Crippen molar-refractivity contribution in [3.63, 3.8) is 0 Å². The Kier molecular flexibility index (Phi) is 10.2. The number of ether oxygens (including phenoxy) is 1. The van der Waals surface area contributed by atoms with Crippen molar-refractivity contribution in [1.29, 1.82) is 0 Å². The monoisotopic (exact) mass is 562 g/mol. The van der Waals surface area contributed by atoms with E-state index in [1.807, 2.05) is 0 Å². The molecule has 1 fully saturated rings. The summed E-state index contributed by atoms with van der Waals surface area (Å²) in [5.41, 5.74) is 2.49. The predicted octanol–water partition coefficient (Wildman–Crippen LogP) is 4.41. The Hall–Kier alpha value is -1.85. The predicted molar refractivity (Wildman–Crippen MR) is 131 cm³/mol. The maximum Gasteiger partial charge on any atom is 0.416 e. The third-order valence-electron chi connectivity index (χ3n) is 5.15. The van der Waals surface area contributed by atoms with E-state index in [0.29, 0.717) is 19.0 Å². The summed E-state index contributed by atoms with van der Waals surface area (Å²) in [7, 11) is 1.66. The third-order valence-corrected chi connectivity index (χ3v) is 5.15. The van der Waals surface area contributed by atoms with Crippen molar-refractivity contribution in [3.05, 3.63) is 70.8 Å². The van der Waals surface area contributed by atoms with Crippen LogP contribution >= 0.6 is 24.0 Å². The van der Waals surface area contributed by atoms with Crippen LogP contribution in [0.2, 0.25) is 0 Å². The zero-order valence-electron chi connectivity index (χ0n) is 18.3. The van der Waals surface area contributed by atoms with Gasteiger partial charge in [-0.25, -0.2) is 0 Å². The Morgan fingerprint density at radius 1 is 1.06 bits per heavy atom. The van der Waals surface area contributed by atoms with E-state index in [0.717, 1.165) is 49.5 Å². The Bertz CT molecular complexity index is 874. The second-order valence-corrected chi connectivity index (χ2v) is 7.71. The Labute approximate surface area is 204 Å². The standard InChI is InChI=1S/C23H29F3N4O.HI/c1-17-15-30(10-11-31-17)16-20-5-3-4-19(12-20)14-29-22(27-2)28-13-18-6-8-21(9-7-18)23(24,25)26;/h3-9,12,17H,10-11,13-16H2,1-2H3,(H2,27,28,29);1H. The molecular formula is C23H30F3IN4O. The van der Waals surface area contributed by atoms with Gasteiger partial charge in [0.15, 0.2) is 5.96 Å². The van der Waals surface area contributed by atoms with Crippen LogP contribution in [0.25, 0.3) is 0 Å². The molecular weight excluding hydrogens is 532 g/mol. The van der Waals surface area contributed by atoms with Gasteiger partial charge in [0.25, 0.3) is 0 Å². The number of hydrogen-bond donors (Lipinski definition) is 2. The van der Waals surface area contributed by atoms with Gasteiger partial charge < -0.3 is 15.4 Å². The lowest BCUT2D eigenvalue weighted by Crippen LogP contribution is -2.40. The van der Waals surface area contributed by atoms with Crippen LogP contribution < -0.4 is 10.6 Å². The third kappa shape index (κ3) is 8.25. The minimum Gasteiger partial charge on any atom is -0.376 e. The van der Waals surface area contributed by atoms with E-state index >= 15 is 0 Å². The lowest BCUT2D eigenvalue weighted by Gasteiger charge is -2.31. The van der Waals surface area contributed by atoms with E-state index in [9.17, 15) is 13.2 Å². The second-order valence-electron chi connectivity index (χ2n) is 7.71. The molecule has 1 aliphatic heterocycles. The molecule has 2 N–H and O–H groups in total. The van der Waals surface area contributed by atoms with Crippen LogP contribution in [0, 0.1) is 0 Å². The van der Waals surface area contributed by atoms with E-state index in [2.05, 4.69) is 51.7 Å². The van der Waals surface area contributed by atoms with Gasteiger partial charge in [-0.15, -0.1) is 24.0 Å². The van der Waals surface area contributed by atoms with Crippen LogP contribution in [0.1, 0.15) is 29.2 Å². The van der Waals surface area contributed by atoms with Crippen molar-refractivity contribution in [3.8, 4) is 0 Å². The highest BCUT2D eigenvalue weighted by Gasteiger charge is 2.29. The molecule has 1 saturated heterocycles. The van der Waals surface area contributed by atoms with Crippen molar-refractivity contribution in [2.45, 2.75) is 38.8 Å². The molecule has 5 nitrogen and oxygen atoms in total. The van der Waals surface area contributed by atoms with Crippen LogP contribution in [0.3, 0.4) is 0 Å². The first-order valence-corrected chi connectivity index (χ1v) is 10.4. The molecule has 0 radical (unpaired) electrons. The zero-order valence-corrected chi connectivity index (χ0v) is 20.6. The molecule has 0 saturated carbocycles. The highest BCUT2D eigenvalue weighted by Crippen LogP contribution is 2.29. The highest BCUT2D eigenvalue weighted by molar-refractivity contribution is 14.0. The zero-order chi connectivity index (χ0) is 22.3. The Morgan fingerprint density at radius 3 is 2.34 bits per heavy atom. The number of hydrogen-bond acceptors (Lipinski definition) is 3. The summed E-state index contributed by atoms with van der Waals surface area (Å²) in [4.78, 5) is 6.59. The first-order chi connectivity index (χ1) is 14.8. The number of halogens is 4. The largest absolute Gasteiger partial charge is 0.416 e. The molecule has 32 heavy (non-hydrogen) atoms. The summed E-state index contributed by atoms with van der Waals surface area (Å²) in [5, 5.41) is 6.39. The number of benzene rings is 2. The average Bonchev–Trinajstić information content (AvgIpc) is 2.74. The number of alkyl halides is 3. The quantitative estimate of drug-likeness (QED) is 0.311. The van der Waals surface area contributed by atoms with Crippen molar-refractivity contribution >= 4 is 29.9 Å². The fourth-order valence-electron chi connectivity index (χ4n) is 3.53. The number of rotatable bonds is 6. The fourth-order valence-corrected chi connectivity index (χ4v) is 3.53. The maximum atomic E-state index is 12.7. The molecule has 1 unspecified atom stereocenters. The second kappa shape index (κ2) is 12.4. The molecule has 1 atom stereocenters. The number of aliphatic imine (C=N–C) groups is 1. The van der Waals surface area contributed by atoms with Crippen molar-refractivity contribution in [2.24, 2.45) is 4.99 Å². The Balaban J connectivity index is 0.00000363. The molecule has 176 valence electrons. The lowest BCUT2D eigenvalue weighted by molar-refractivity contribution is -0.137. The first-order valence-electron chi connectivity index (χ1n) is 10.4. The van der Waals surface area contributed by atoms with Gasteiger partial charge in [0.05, 0.1) is 18.3 Å². The minimum absolute atomic E-state index is 0. The molecule has 1 heterocycles. The number of morpholine rings is 1. The fraction of sp³-hybridized carbons (Fsp3) is 0.435. The van der Waals surface area contributed by atoms with Gasteiger partial charge in [-0.2, -0.15) is 13.2 Å². The van der Waals surface area contributed by atoms with Gasteiger partial charge >= 0.3 is 6.18 Å². The molecule has 0 aromatic heterocycles. The average molecular weight is 562 g/mol. The van der Waals surface area contributed by atoms with E-state index in [1.54, 1.807) is 7.05 Å². The molecule has 0 amide bonds. The van der Waals surface area contributed by atoms with Crippen molar-refractivity contribution < 1.29 is 17.9 Å². The molecule has 0 bridgehead atoms. The highest BCUT2D eigenvalue weighted by atomic mass is 127. The molecule has 0 spiro atoms. The number of nitrogens with zero attached hydrogens (tertiary/aromatic N) is 2. The topological polar surface area (TPSA) is 48.9 Å². The van der Waals surface area contributed by atoms with Gasteiger partial charge in [-0.3, -0.25) is 9.89 Å². The van der Waals surface area contributed by atoms with Crippen LogP contribution in [-0.2, 0) is 30.5 Å². The van der Waals surface area contributed by atoms with Crippen LogP contribution in [-0.4, -0.2) is 43.7 Å². The van der Waals surface area contributed by atoms with E-state index in [4.69, 9.17) is 4.74 Å². The summed E-state index contributed by atoms with van der Waals surface area (Å²) in [6.07, 6.45) is -4.06. The molecule has 0 aliphatic carbocycles. The van der Waals surface area contributed by atoms with Crippen molar-refractivity contribution in [1.82, 2.24) is 15.5 Å². The number of nitrogens with one attached hydrogen (secondary N) is 2. The van der Waals surface area contributed by atoms with Crippen LogP contribution in [0.4, 0.5) is 13.2 Å². The van der Waals surface area contributed by atoms with Crippen LogP contribution in [0.5, 0.6) is 0 Å². The van der Waals surface area contributed by atoms with Gasteiger partial charge in [-0.1, -0.05) is 36.4 Å². The van der Waals surface area contributed by atoms with Gasteiger partial charge in [0, 0.05) is 39.8 Å². The van der Waals surface area contributed by atoms with Gasteiger partial charge in [-0.05, 0) is 35.7 Å². The SMILES string of the molecule is CN=C(NCc1ccc(C(F)(F)F)cc1)NCc1cccc(CN2CCOC(C)C2)c1.I. The summed E-state index contributed by atoms with van der Waals surface area (Å²) in [5.74, 6) is 0.590. The summed E-state index contributed by atoms with van der Waals surface area (Å²) >= 11 is 0. The maximum absolute atomic E-state index is 12.7. The molecule has 9 heteroatoms. The van der Waals surface area contributed by atoms with Crippen LogP contribution in [0.15, 0.2) is 53.5 Å². The first kappa shape index (κ1) is 26.4. The summed E-state index contributed by atoms with van der Waals surface area (Å²) in [6.45, 7) is 6.60. The summed E-state index contributed by atoms with van der Waals surface area (Å²) < 4.78 is 43.6. The smallest absolute Gasteiger partial charge is 0.376 e. The minimum atomic E-state index is -4.32. The van der Waals surface area contributed by atoms with E-state index < -0.39 is 11.7 Å². The molecule has 3 rings (SSSR count). The molecule has 1 aliphatic rings. The van der Waals surface area contributed by atoms with Gasteiger partial charge in [0.2, 0.25) is 0 Å². The molecule has 2 aromatic carbocycles. The Morgan fingerprint density at radius 2 is 1.72 bits per heavy atom. The normalized spacial score (nSPS) is 17.5. The lowest BCUT2D eigenvalue weighted by atomic mass is 10.1. The summed E-state index contributed by atoms with van der Waals surface area (Å²) in [6, 6.07) is 13.5. The van der Waals surface area contributed by atoms with Crippen molar-refractivity contribution in [2.75, 3.05) is 26.7 Å². The van der Waals surface area contributed by atoms with Gasteiger partial charge in [0.1, 0.15) is 0 Å². The number of guanidine groups is 1. The van der Waals surface area contributed by atoms with E-state index in [-0.39, 0.29) is 30.1 Å². The molecule has 2 aromatic rings.